The lowest BCUT2D eigenvalue weighted by Crippen LogP contribution is -1.80. The topological polar surface area (TPSA) is 80.7 Å². The van der Waals surface area contributed by atoms with Crippen LogP contribution in [0, 0.1) is 6.92 Å². The minimum absolute atomic E-state index is 0.388. The largest absolute Gasteiger partial charge is 0.381 e. The Morgan fingerprint density at radius 1 is 1.31 bits per heavy atom. The van der Waals surface area contributed by atoms with Crippen LogP contribution in [0.25, 0.3) is 22.2 Å². The monoisotopic (exact) mass is 214 g/mol. The van der Waals surface area contributed by atoms with E-state index in [-0.39, 0.29) is 0 Å². The summed E-state index contributed by atoms with van der Waals surface area (Å²) in [5, 5.41) is 11.8. The van der Waals surface area contributed by atoms with Crippen molar-refractivity contribution in [1.82, 2.24) is 15.4 Å². The summed E-state index contributed by atoms with van der Waals surface area (Å²) in [7, 11) is 0. The Balaban J connectivity index is 2.21. The predicted octanol–water partition coefficient (Wildman–Crippen LogP) is 2.11. The van der Waals surface area contributed by atoms with Crippen LogP contribution in [-0.2, 0) is 0 Å². The van der Waals surface area contributed by atoms with Crippen LogP contribution in [0.4, 0.5) is 5.82 Å². The summed E-state index contributed by atoms with van der Waals surface area (Å²) in [6.45, 7) is 1.98. The minimum atomic E-state index is 0.388. The first-order valence-corrected chi connectivity index (χ1v) is 4.91. The Morgan fingerprint density at radius 2 is 2.19 bits per heavy atom. The van der Waals surface area contributed by atoms with Gasteiger partial charge in [0.1, 0.15) is 0 Å². The van der Waals surface area contributed by atoms with Crippen molar-refractivity contribution in [3.05, 3.63) is 30.0 Å². The molecule has 3 aromatic rings. The van der Waals surface area contributed by atoms with E-state index in [9.17, 15) is 0 Å². The normalized spacial score (nSPS) is 11.1. The van der Waals surface area contributed by atoms with Crippen molar-refractivity contribution in [2.45, 2.75) is 6.92 Å². The van der Waals surface area contributed by atoms with Crippen LogP contribution >= 0.6 is 0 Å². The molecule has 0 amide bonds. The lowest BCUT2D eigenvalue weighted by Gasteiger charge is -1.95. The molecule has 0 bridgehead atoms. The number of aromatic amines is 1. The van der Waals surface area contributed by atoms with Gasteiger partial charge in [-0.3, -0.25) is 5.10 Å². The molecule has 0 aliphatic rings. The molecule has 5 heteroatoms. The van der Waals surface area contributed by atoms with Gasteiger partial charge in [-0.2, -0.15) is 5.10 Å². The molecule has 0 saturated heterocycles. The van der Waals surface area contributed by atoms with Crippen molar-refractivity contribution in [3.63, 3.8) is 0 Å². The first kappa shape index (κ1) is 8.96. The van der Waals surface area contributed by atoms with Crippen molar-refractivity contribution in [1.29, 1.82) is 0 Å². The molecule has 0 saturated carbocycles. The Hall–Kier alpha value is -2.30. The van der Waals surface area contributed by atoms with Gasteiger partial charge in [0.15, 0.2) is 11.6 Å². The van der Waals surface area contributed by atoms with E-state index in [0.717, 1.165) is 22.2 Å². The molecule has 0 aliphatic carbocycles. The van der Waals surface area contributed by atoms with Gasteiger partial charge in [-0.1, -0.05) is 5.16 Å². The third-order valence-corrected chi connectivity index (χ3v) is 2.56. The van der Waals surface area contributed by atoms with Gasteiger partial charge in [0.2, 0.25) is 0 Å². The average Bonchev–Trinajstić information content (AvgIpc) is 2.86. The highest BCUT2D eigenvalue weighted by Gasteiger charge is 2.07. The first-order chi connectivity index (χ1) is 7.74. The lowest BCUT2D eigenvalue weighted by molar-refractivity contribution is 0.436. The molecule has 3 rings (SSSR count). The van der Waals surface area contributed by atoms with Crippen molar-refractivity contribution < 1.29 is 4.52 Å². The van der Waals surface area contributed by atoms with Gasteiger partial charge in [0.05, 0.1) is 5.52 Å². The van der Waals surface area contributed by atoms with E-state index in [1.54, 1.807) is 6.07 Å². The smallest absolute Gasteiger partial charge is 0.169 e. The molecule has 5 nitrogen and oxygen atoms in total. The second kappa shape index (κ2) is 3.10. The second-order valence-electron chi connectivity index (χ2n) is 3.70. The number of aromatic nitrogens is 3. The van der Waals surface area contributed by atoms with E-state index in [1.807, 2.05) is 25.1 Å². The number of hydrogen-bond donors (Lipinski definition) is 2. The average molecular weight is 214 g/mol. The number of nitrogens with one attached hydrogen (secondary N) is 1. The molecule has 80 valence electrons. The van der Waals surface area contributed by atoms with Gasteiger partial charge < -0.3 is 10.3 Å². The zero-order valence-corrected chi connectivity index (χ0v) is 8.69. The molecule has 0 unspecified atom stereocenters. The van der Waals surface area contributed by atoms with Gasteiger partial charge in [-0.05, 0) is 25.1 Å². The molecule has 0 radical (unpaired) electrons. The fraction of sp³-hybridized carbons (Fsp3) is 0.0909. The number of fused-ring (bicyclic) bond motifs is 1. The van der Waals surface area contributed by atoms with Crippen molar-refractivity contribution in [2.24, 2.45) is 0 Å². The number of nitrogens with zero attached hydrogens (tertiary/aromatic N) is 2. The van der Waals surface area contributed by atoms with E-state index >= 15 is 0 Å². The maximum atomic E-state index is 5.52. The first-order valence-electron chi connectivity index (χ1n) is 4.91. The summed E-state index contributed by atoms with van der Waals surface area (Å²) in [5.74, 6) is 1.05. The summed E-state index contributed by atoms with van der Waals surface area (Å²) >= 11 is 0. The molecule has 2 heterocycles. The summed E-state index contributed by atoms with van der Waals surface area (Å²) in [4.78, 5) is 0. The molecule has 3 N–H and O–H groups in total. The van der Waals surface area contributed by atoms with Crippen LogP contribution in [-0.4, -0.2) is 15.4 Å². The summed E-state index contributed by atoms with van der Waals surface area (Å²) in [5.41, 5.74) is 8.43. The predicted molar refractivity (Wildman–Crippen MR) is 60.7 cm³/mol. The molecule has 0 fully saturated rings. The van der Waals surface area contributed by atoms with Crippen LogP contribution in [0.2, 0.25) is 0 Å². The van der Waals surface area contributed by atoms with Crippen LogP contribution in [0.3, 0.4) is 0 Å². The van der Waals surface area contributed by atoms with Crippen molar-refractivity contribution in [3.8, 4) is 11.3 Å². The Kier molecular flexibility index (Phi) is 1.73. The number of benzene rings is 1. The van der Waals surface area contributed by atoms with E-state index in [2.05, 4.69) is 15.4 Å². The Bertz CT molecular complexity index is 653. The number of anilines is 1. The number of nitrogen functional groups attached to an aromatic ring is 1. The van der Waals surface area contributed by atoms with Gasteiger partial charge in [-0.25, -0.2) is 0 Å². The summed E-state index contributed by atoms with van der Waals surface area (Å²) in [6.07, 6.45) is 0. The highest BCUT2D eigenvalue weighted by molar-refractivity contribution is 5.85. The maximum Gasteiger partial charge on any atom is 0.169 e. The van der Waals surface area contributed by atoms with E-state index in [0.29, 0.717) is 11.6 Å². The molecule has 1 aromatic carbocycles. The summed E-state index contributed by atoms with van der Waals surface area (Å²) < 4.78 is 5.11. The molecule has 0 aliphatic heterocycles. The molecule has 0 atom stereocenters. The van der Waals surface area contributed by atoms with Gasteiger partial charge >= 0.3 is 0 Å². The van der Waals surface area contributed by atoms with Crippen LogP contribution in [0.5, 0.6) is 0 Å². The van der Waals surface area contributed by atoms with Crippen LogP contribution in [0.15, 0.2) is 28.8 Å². The molecule has 2 aromatic heterocycles. The standard InChI is InChI=1S/C11H10N4O/c1-6-8-4-7(2-3-9(8)14-13-6)10-5-11(12)15-16-10/h2-5H,1H3,(H2,12,15)(H,13,14). The molecular formula is C11H10N4O. The van der Waals surface area contributed by atoms with Gasteiger partial charge in [0.25, 0.3) is 0 Å². The number of nitrogens with two attached hydrogens (primary N) is 1. The maximum absolute atomic E-state index is 5.52. The Morgan fingerprint density at radius 3 is 2.94 bits per heavy atom. The highest BCUT2D eigenvalue weighted by atomic mass is 16.5. The SMILES string of the molecule is Cc1[nH]nc2ccc(-c3cc(N)no3)cc12. The third-order valence-electron chi connectivity index (χ3n) is 2.56. The van der Waals surface area contributed by atoms with E-state index in [4.69, 9.17) is 10.3 Å². The fourth-order valence-electron chi connectivity index (χ4n) is 1.72. The quantitative estimate of drug-likeness (QED) is 0.650. The molecule has 0 spiro atoms. The molecule has 16 heavy (non-hydrogen) atoms. The third kappa shape index (κ3) is 1.25. The van der Waals surface area contributed by atoms with Gasteiger partial charge in [-0.15, -0.1) is 0 Å². The van der Waals surface area contributed by atoms with Crippen LogP contribution < -0.4 is 5.73 Å². The zero-order chi connectivity index (χ0) is 11.1. The van der Waals surface area contributed by atoms with E-state index in [1.165, 1.54) is 0 Å². The number of rotatable bonds is 1. The lowest BCUT2D eigenvalue weighted by atomic mass is 10.1. The van der Waals surface area contributed by atoms with Crippen molar-refractivity contribution >= 4 is 16.7 Å². The van der Waals surface area contributed by atoms with E-state index < -0.39 is 0 Å². The fourth-order valence-corrected chi connectivity index (χ4v) is 1.72. The number of aryl methyl sites for hydroxylation is 1. The number of H-pyrrole nitrogens is 1. The highest BCUT2D eigenvalue weighted by Crippen LogP contribution is 2.25. The van der Waals surface area contributed by atoms with Crippen LogP contribution in [0.1, 0.15) is 5.69 Å². The summed E-state index contributed by atoms with van der Waals surface area (Å²) in [6, 6.07) is 7.58. The van der Waals surface area contributed by atoms with Gasteiger partial charge in [0, 0.05) is 22.7 Å². The van der Waals surface area contributed by atoms with Crippen molar-refractivity contribution in [2.75, 3.05) is 5.73 Å². The minimum Gasteiger partial charge on any atom is -0.381 e. The Labute approximate surface area is 91.2 Å². The zero-order valence-electron chi connectivity index (χ0n) is 8.69. The number of hydrogen-bond acceptors (Lipinski definition) is 4. The second-order valence-corrected chi connectivity index (χ2v) is 3.70. The molecular weight excluding hydrogens is 204 g/mol.